The Morgan fingerprint density at radius 1 is 1.11 bits per heavy atom. The summed E-state index contributed by atoms with van der Waals surface area (Å²) < 4.78 is 0. The van der Waals surface area contributed by atoms with Gasteiger partial charge in [0.05, 0.1) is 11.6 Å². The normalized spacial score (nSPS) is 28.0. The molecule has 0 bridgehead atoms. The second kappa shape index (κ2) is 7.17. The van der Waals surface area contributed by atoms with E-state index in [4.69, 9.17) is 11.6 Å². The molecule has 2 N–H and O–H groups in total. The van der Waals surface area contributed by atoms with Crippen LogP contribution in [0.25, 0.3) is 0 Å². The van der Waals surface area contributed by atoms with E-state index in [-0.39, 0.29) is 12.1 Å². The molecular weight excluding hydrogens is 360 g/mol. The van der Waals surface area contributed by atoms with Crippen molar-refractivity contribution >= 4 is 17.6 Å². The van der Waals surface area contributed by atoms with Crippen molar-refractivity contribution in [2.24, 2.45) is 11.8 Å². The van der Waals surface area contributed by atoms with Crippen molar-refractivity contribution in [3.8, 4) is 0 Å². The summed E-state index contributed by atoms with van der Waals surface area (Å²) in [7, 11) is 0. The average Bonchev–Trinajstić information content (AvgIpc) is 3.19. The van der Waals surface area contributed by atoms with Gasteiger partial charge in [0.15, 0.2) is 0 Å². The van der Waals surface area contributed by atoms with Crippen LogP contribution in [-0.4, -0.2) is 29.1 Å². The molecule has 142 valence electrons. The third kappa shape index (κ3) is 3.69. The van der Waals surface area contributed by atoms with Crippen molar-refractivity contribution in [1.82, 2.24) is 10.2 Å². The molecule has 2 aromatic carbocycles. The van der Waals surface area contributed by atoms with Gasteiger partial charge in [-0.1, -0.05) is 54.1 Å². The molecule has 2 fully saturated rings. The number of likely N-dealkylation sites (tertiary alicyclic amines) is 1. The summed E-state index contributed by atoms with van der Waals surface area (Å²) in [6.45, 7) is 3.39. The molecule has 2 unspecified atom stereocenters. The van der Waals surface area contributed by atoms with Gasteiger partial charge in [0.2, 0.25) is 0 Å². The molecule has 2 aromatic rings. The number of rotatable bonds is 3. The van der Waals surface area contributed by atoms with E-state index in [0.717, 1.165) is 24.0 Å². The van der Waals surface area contributed by atoms with Crippen molar-refractivity contribution in [3.63, 3.8) is 0 Å². The van der Waals surface area contributed by atoms with Crippen molar-refractivity contribution < 1.29 is 9.90 Å². The molecule has 4 nitrogen and oxygen atoms in total. The molecule has 4 rings (SSSR count). The van der Waals surface area contributed by atoms with Crippen molar-refractivity contribution in [3.05, 3.63) is 70.7 Å². The summed E-state index contributed by atoms with van der Waals surface area (Å²) >= 11 is 5.93. The highest BCUT2D eigenvalue weighted by molar-refractivity contribution is 6.30. The topological polar surface area (TPSA) is 52.6 Å². The number of hydrogen-bond acceptors (Lipinski definition) is 2. The first kappa shape index (κ1) is 18.3. The SMILES string of the molecule is C[C@@H](NC(=O)N1CC2CC(O)(c3ccccc3)CC2C1)c1ccc(Cl)cc1. The van der Waals surface area contributed by atoms with E-state index < -0.39 is 5.60 Å². The van der Waals surface area contributed by atoms with Crippen LogP contribution in [0.1, 0.15) is 36.9 Å². The first-order chi connectivity index (χ1) is 12.9. The lowest BCUT2D eigenvalue weighted by Gasteiger charge is -2.27. The predicted octanol–water partition coefficient (Wildman–Crippen LogP) is 4.34. The number of nitrogens with zero attached hydrogens (tertiary/aromatic N) is 1. The van der Waals surface area contributed by atoms with E-state index in [1.165, 1.54) is 0 Å². The van der Waals surface area contributed by atoms with E-state index in [2.05, 4.69) is 5.32 Å². The zero-order valence-electron chi connectivity index (χ0n) is 15.4. The van der Waals surface area contributed by atoms with Crippen LogP contribution < -0.4 is 5.32 Å². The number of aliphatic hydroxyl groups is 1. The van der Waals surface area contributed by atoms with Gasteiger partial charge in [-0.2, -0.15) is 0 Å². The monoisotopic (exact) mass is 384 g/mol. The Kier molecular flexibility index (Phi) is 4.87. The van der Waals surface area contributed by atoms with Gasteiger partial charge in [0.1, 0.15) is 0 Å². The lowest BCUT2D eigenvalue weighted by Crippen LogP contribution is -2.41. The van der Waals surface area contributed by atoms with Crippen LogP contribution >= 0.6 is 11.6 Å². The standard InChI is InChI=1S/C22H25ClN2O2/c1-15(16-7-9-20(23)10-8-16)24-21(26)25-13-17-11-22(27,12-18(17)14-25)19-5-3-2-4-6-19/h2-10,15,17-18,27H,11-14H2,1H3,(H,24,26)/t15-,17?,18?,22?/m1/s1. The molecule has 0 radical (unpaired) electrons. The molecule has 2 aliphatic rings. The number of benzene rings is 2. The van der Waals surface area contributed by atoms with Gasteiger partial charge in [0.25, 0.3) is 0 Å². The second-order valence-corrected chi connectivity index (χ2v) is 8.39. The number of carbonyl (C=O) groups is 1. The first-order valence-electron chi connectivity index (χ1n) is 9.53. The van der Waals surface area contributed by atoms with Gasteiger partial charge in [0, 0.05) is 18.1 Å². The Morgan fingerprint density at radius 2 is 1.70 bits per heavy atom. The van der Waals surface area contributed by atoms with Crippen molar-refractivity contribution in [1.29, 1.82) is 0 Å². The molecular formula is C22H25ClN2O2. The molecule has 3 atom stereocenters. The quantitative estimate of drug-likeness (QED) is 0.827. The minimum absolute atomic E-state index is 0.0323. The summed E-state index contributed by atoms with van der Waals surface area (Å²) in [6, 6.07) is 17.4. The Labute approximate surface area is 165 Å². The van der Waals surface area contributed by atoms with E-state index in [1.807, 2.05) is 66.4 Å². The molecule has 2 amide bonds. The molecule has 1 saturated heterocycles. The zero-order chi connectivity index (χ0) is 19.0. The minimum atomic E-state index is -0.754. The lowest BCUT2D eigenvalue weighted by atomic mass is 9.90. The Bertz CT molecular complexity index is 795. The summed E-state index contributed by atoms with van der Waals surface area (Å²) in [6.07, 6.45) is 1.44. The fourth-order valence-corrected chi connectivity index (χ4v) is 4.74. The van der Waals surface area contributed by atoms with Crippen LogP contribution in [0.2, 0.25) is 5.02 Å². The fraction of sp³-hybridized carbons (Fsp3) is 0.409. The third-order valence-electron chi connectivity index (χ3n) is 6.08. The highest BCUT2D eigenvalue weighted by Gasteiger charge is 2.49. The molecule has 1 heterocycles. The van der Waals surface area contributed by atoms with E-state index >= 15 is 0 Å². The Hall–Kier alpha value is -2.04. The fourth-order valence-electron chi connectivity index (χ4n) is 4.61. The first-order valence-corrected chi connectivity index (χ1v) is 9.91. The minimum Gasteiger partial charge on any atom is -0.385 e. The Morgan fingerprint density at radius 3 is 2.30 bits per heavy atom. The van der Waals surface area contributed by atoms with Gasteiger partial charge >= 0.3 is 6.03 Å². The summed E-state index contributed by atoms with van der Waals surface area (Å²) in [5, 5.41) is 14.9. The van der Waals surface area contributed by atoms with E-state index in [9.17, 15) is 9.90 Å². The molecule has 1 saturated carbocycles. The van der Waals surface area contributed by atoms with Gasteiger partial charge in [-0.3, -0.25) is 0 Å². The molecule has 0 spiro atoms. The van der Waals surface area contributed by atoms with Crippen LogP contribution in [0.3, 0.4) is 0 Å². The molecule has 1 aliphatic heterocycles. The Balaban J connectivity index is 1.36. The van der Waals surface area contributed by atoms with Crippen LogP contribution in [0.4, 0.5) is 4.79 Å². The number of fused-ring (bicyclic) bond motifs is 1. The summed E-state index contributed by atoms with van der Waals surface area (Å²) in [5.41, 5.74) is 1.27. The highest BCUT2D eigenvalue weighted by Crippen LogP contribution is 2.48. The lowest BCUT2D eigenvalue weighted by molar-refractivity contribution is 0.0326. The van der Waals surface area contributed by atoms with Gasteiger partial charge in [-0.05, 0) is 54.9 Å². The van der Waals surface area contributed by atoms with Crippen LogP contribution in [0.5, 0.6) is 0 Å². The smallest absolute Gasteiger partial charge is 0.317 e. The molecule has 27 heavy (non-hydrogen) atoms. The maximum Gasteiger partial charge on any atom is 0.317 e. The second-order valence-electron chi connectivity index (χ2n) is 7.95. The van der Waals surface area contributed by atoms with Crippen LogP contribution in [-0.2, 0) is 5.60 Å². The van der Waals surface area contributed by atoms with Crippen LogP contribution in [0.15, 0.2) is 54.6 Å². The highest BCUT2D eigenvalue weighted by atomic mass is 35.5. The number of urea groups is 1. The van der Waals surface area contributed by atoms with Crippen LogP contribution in [0, 0.1) is 11.8 Å². The number of carbonyl (C=O) groups excluding carboxylic acids is 1. The number of amides is 2. The molecule has 0 aromatic heterocycles. The molecule has 5 heteroatoms. The third-order valence-corrected chi connectivity index (χ3v) is 6.34. The van der Waals surface area contributed by atoms with E-state index in [1.54, 1.807) is 0 Å². The maximum atomic E-state index is 12.7. The van der Waals surface area contributed by atoms with Gasteiger partial charge in [-0.15, -0.1) is 0 Å². The summed E-state index contributed by atoms with van der Waals surface area (Å²) in [5.74, 6) is 0.707. The average molecular weight is 385 g/mol. The number of nitrogens with one attached hydrogen (secondary N) is 1. The number of halogens is 1. The van der Waals surface area contributed by atoms with E-state index in [0.29, 0.717) is 29.9 Å². The zero-order valence-corrected chi connectivity index (χ0v) is 16.2. The molecule has 1 aliphatic carbocycles. The van der Waals surface area contributed by atoms with Gasteiger partial charge in [-0.25, -0.2) is 4.79 Å². The number of hydrogen-bond donors (Lipinski definition) is 2. The van der Waals surface area contributed by atoms with Gasteiger partial charge < -0.3 is 15.3 Å². The largest absolute Gasteiger partial charge is 0.385 e. The summed E-state index contributed by atoms with van der Waals surface area (Å²) in [4.78, 5) is 14.6. The predicted molar refractivity (Wildman–Crippen MR) is 107 cm³/mol. The van der Waals surface area contributed by atoms with Crippen molar-refractivity contribution in [2.75, 3.05) is 13.1 Å². The van der Waals surface area contributed by atoms with Crippen molar-refractivity contribution in [2.45, 2.75) is 31.4 Å². The maximum absolute atomic E-state index is 12.7.